The van der Waals surface area contributed by atoms with Gasteiger partial charge in [-0.15, -0.1) is 0 Å². The average Bonchev–Trinajstić information content (AvgIpc) is 2.86. The molecule has 0 aliphatic carbocycles. The molecule has 0 spiro atoms. The average molecular weight is 505 g/mol. The summed E-state index contributed by atoms with van der Waals surface area (Å²) in [6.45, 7) is 6.36. The van der Waals surface area contributed by atoms with Crippen molar-refractivity contribution < 1.29 is 8.76 Å². The first-order valence-electron chi connectivity index (χ1n) is 11.8. The van der Waals surface area contributed by atoms with E-state index in [4.69, 9.17) is 13.7 Å². The summed E-state index contributed by atoms with van der Waals surface area (Å²) >= 11 is -2.36. The van der Waals surface area contributed by atoms with Crippen molar-refractivity contribution in [3.63, 3.8) is 0 Å². The molecule has 36 heavy (non-hydrogen) atoms. The zero-order valence-corrected chi connectivity index (χ0v) is 21.2. The predicted molar refractivity (Wildman–Crippen MR) is 145 cm³/mol. The molecule has 1 saturated heterocycles. The molecule has 1 unspecified atom stereocenters. The Morgan fingerprint density at radius 1 is 1.03 bits per heavy atom. The summed E-state index contributed by atoms with van der Waals surface area (Å²) in [6, 6.07) is 18.8. The van der Waals surface area contributed by atoms with Crippen molar-refractivity contribution in [2.24, 2.45) is 5.14 Å². The Bertz CT molecular complexity index is 1430. The van der Waals surface area contributed by atoms with Gasteiger partial charge in [-0.05, 0) is 98.1 Å². The van der Waals surface area contributed by atoms with Crippen LogP contribution in [0.3, 0.4) is 0 Å². The van der Waals surface area contributed by atoms with Gasteiger partial charge in [0.05, 0.1) is 11.1 Å². The van der Waals surface area contributed by atoms with Gasteiger partial charge in [-0.3, -0.25) is 14.1 Å². The first kappa shape index (κ1) is 25.7. The van der Waals surface area contributed by atoms with Crippen molar-refractivity contribution >= 4 is 33.5 Å². The van der Waals surface area contributed by atoms with E-state index in [2.05, 4.69) is 77.1 Å². The summed E-state index contributed by atoms with van der Waals surface area (Å²) in [5, 5.41) is 12.3. The largest absolute Gasteiger partial charge is 0.760 e. The van der Waals surface area contributed by atoms with E-state index in [1.807, 2.05) is 12.1 Å². The van der Waals surface area contributed by atoms with Crippen LogP contribution < -0.4 is 21.3 Å². The van der Waals surface area contributed by atoms with E-state index in [0.717, 1.165) is 35.4 Å². The Morgan fingerprint density at radius 3 is 2.39 bits per heavy atom. The molecule has 188 valence electrons. The number of piperidine rings is 1. The molecule has 5 rings (SSSR count). The first-order valence-corrected chi connectivity index (χ1v) is 13.0. The summed E-state index contributed by atoms with van der Waals surface area (Å²) in [7, 11) is 0. The van der Waals surface area contributed by atoms with Crippen LogP contribution >= 0.6 is 0 Å². The van der Waals surface area contributed by atoms with E-state index < -0.39 is 11.3 Å². The summed E-state index contributed by atoms with van der Waals surface area (Å²) < 4.78 is 17.6. The zero-order valence-electron chi connectivity index (χ0n) is 20.3. The number of nitrogens with one attached hydrogen (secondary N) is 3. The minimum absolute atomic E-state index is 0.143. The Labute approximate surface area is 212 Å². The van der Waals surface area contributed by atoms with Crippen LogP contribution in [-0.4, -0.2) is 31.8 Å². The quantitative estimate of drug-likeness (QED) is 0.308. The van der Waals surface area contributed by atoms with Crippen molar-refractivity contribution in [2.45, 2.75) is 32.6 Å². The molecule has 0 radical (unpaired) electrons. The molecule has 4 aromatic rings. The smallest absolute Gasteiger partial charge is 0.259 e. The number of aryl methyl sites for hydroxylation is 2. The van der Waals surface area contributed by atoms with Crippen molar-refractivity contribution in [2.75, 3.05) is 18.4 Å². The number of aromatic nitrogens is 2. The lowest BCUT2D eigenvalue weighted by molar-refractivity contribution is 0.460. The van der Waals surface area contributed by atoms with Crippen LogP contribution in [0.15, 0.2) is 65.6 Å². The number of pyridine rings is 2. The molecule has 3 heterocycles. The van der Waals surface area contributed by atoms with Gasteiger partial charge in [0.2, 0.25) is 0 Å². The molecule has 0 amide bonds. The van der Waals surface area contributed by atoms with Crippen LogP contribution in [0.25, 0.3) is 22.0 Å². The number of fused-ring (bicyclic) bond motifs is 1. The second kappa shape index (κ2) is 11.6. The summed E-state index contributed by atoms with van der Waals surface area (Å²) in [5.74, 6) is 1.19. The normalized spacial score (nSPS) is 14.7. The molecule has 1 fully saturated rings. The summed E-state index contributed by atoms with van der Waals surface area (Å²) in [6.07, 6.45) is 4.03. The highest BCUT2D eigenvalue weighted by atomic mass is 32.2. The van der Waals surface area contributed by atoms with E-state index in [1.165, 1.54) is 29.5 Å². The van der Waals surface area contributed by atoms with E-state index in [-0.39, 0.29) is 5.56 Å². The highest BCUT2D eigenvalue weighted by Gasteiger charge is 2.16. The maximum absolute atomic E-state index is 12.7. The molecule has 0 saturated carbocycles. The second-order valence-electron chi connectivity index (χ2n) is 8.96. The highest BCUT2D eigenvalue weighted by molar-refractivity contribution is 7.76. The number of nitrogens with zero attached hydrogens (tertiary/aromatic N) is 1. The Balaban J connectivity index is 0.000000709. The standard InChI is InChI=1S/C27H28N4O.H3NO2S/c1-17-3-4-21(15-18(17)2)24-16-22-11-14-29-27(32)25(22)26(31-24)30-23-7-5-19(6-8-23)20-9-12-28-13-10-20;1-4(2)3/h3-8,11,14-16,20,28H,9-10,12-13H2,1-2H3,(H,29,32)(H,30,31);1H2,(H,2,3)/p-1. The van der Waals surface area contributed by atoms with Gasteiger partial charge in [0.1, 0.15) is 5.82 Å². The second-order valence-corrected chi connectivity index (χ2v) is 9.48. The molecule has 5 N–H and O–H groups in total. The molecule has 1 aliphatic rings. The van der Waals surface area contributed by atoms with Crippen LogP contribution in [0.2, 0.25) is 0 Å². The third-order valence-electron chi connectivity index (χ3n) is 6.54. The van der Waals surface area contributed by atoms with Crippen LogP contribution in [0.1, 0.15) is 35.4 Å². The number of H-pyrrole nitrogens is 1. The fourth-order valence-corrected chi connectivity index (χ4v) is 4.48. The molecular formula is C27H30N5O3S-. The Hall–Kier alpha value is -3.37. The zero-order chi connectivity index (χ0) is 25.7. The Kier molecular flexibility index (Phi) is 8.27. The number of nitrogens with two attached hydrogens (primary N) is 1. The van der Waals surface area contributed by atoms with Crippen molar-refractivity contribution in [3.05, 3.63) is 87.8 Å². The van der Waals surface area contributed by atoms with Crippen molar-refractivity contribution in [1.29, 1.82) is 0 Å². The molecule has 8 nitrogen and oxygen atoms in total. The van der Waals surface area contributed by atoms with E-state index in [1.54, 1.807) is 6.20 Å². The summed E-state index contributed by atoms with van der Waals surface area (Å²) in [5.41, 5.74) is 6.51. The number of hydrogen-bond donors (Lipinski definition) is 4. The van der Waals surface area contributed by atoms with Gasteiger partial charge in [0.25, 0.3) is 5.56 Å². The molecular weight excluding hydrogens is 474 g/mol. The van der Waals surface area contributed by atoms with Crippen LogP contribution in [0, 0.1) is 13.8 Å². The fourth-order valence-electron chi connectivity index (χ4n) is 4.48. The third-order valence-corrected chi connectivity index (χ3v) is 6.54. The molecule has 2 aromatic carbocycles. The predicted octanol–water partition coefficient (Wildman–Crippen LogP) is 4.16. The van der Waals surface area contributed by atoms with Gasteiger partial charge < -0.3 is 20.2 Å². The monoisotopic (exact) mass is 504 g/mol. The minimum Gasteiger partial charge on any atom is -0.760 e. The number of anilines is 2. The lowest BCUT2D eigenvalue weighted by Crippen LogP contribution is -2.26. The molecule has 1 aliphatic heterocycles. The van der Waals surface area contributed by atoms with E-state index >= 15 is 0 Å². The van der Waals surface area contributed by atoms with Gasteiger partial charge in [0, 0.05) is 28.7 Å². The van der Waals surface area contributed by atoms with Gasteiger partial charge in [-0.1, -0.05) is 24.3 Å². The highest BCUT2D eigenvalue weighted by Crippen LogP contribution is 2.30. The Morgan fingerprint density at radius 2 is 1.72 bits per heavy atom. The van der Waals surface area contributed by atoms with Crippen LogP contribution in [-0.2, 0) is 11.3 Å². The van der Waals surface area contributed by atoms with E-state index in [0.29, 0.717) is 17.1 Å². The lowest BCUT2D eigenvalue weighted by Gasteiger charge is -2.23. The SMILES string of the molecule is Cc1ccc(-c2cc3cc[nH]c(=O)c3c(Nc3ccc(C4CCNCC4)cc3)n2)cc1C.NS(=O)[O-]. The van der Waals surface area contributed by atoms with Gasteiger partial charge in [-0.25, -0.2) is 4.98 Å². The van der Waals surface area contributed by atoms with E-state index in [9.17, 15) is 4.79 Å². The molecule has 1 atom stereocenters. The van der Waals surface area contributed by atoms with Crippen molar-refractivity contribution in [3.8, 4) is 11.3 Å². The maximum Gasteiger partial charge on any atom is 0.259 e. The van der Waals surface area contributed by atoms with Crippen LogP contribution in [0.4, 0.5) is 11.5 Å². The number of benzene rings is 2. The maximum atomic E-state index is 12.7. The molecule has 9 heteroatoms. The topological polar surface area (TPSA) is 136 Å². The number of hydrogen-bond acceptors (Lipinski definition) is 6. The minimum atomic E-state index is -2.36. The molecule has 2 aromatic heterocycles. The van der Waals surface area contributed by atoms with Gasteiger partial charge >= 0.3 is 0 Å². The first-order chi connectivity index (χ1) is 17.3. The molecule has 0 bridgehead atoms. The number of aromatic amines is 1. The fraction of sp³-hybridized carbons (Fsp3) is 0.259. The van der Waals surface area contributed by atoms with Crippen LogP contribution in [0.5, 0.6) is 0 Å². The lowest BCUT2D eigenvalue weighted by atomic mass is 9.90. The van der Waals surface area contributed by atoms with Crippen molar-refractivity contribution in [1.82, 2.24) is 15.3 Å². The van der Waals surface area contributed by atoms with Gasteiger partial charge in [-0.2, -0.15) is 0 Å². The third kappa shape index (κ3) is 6.24. The van der Waals surface area contributed by atoms with Gasteiger partial charge in [0.15, 0.2) is 0 Å². The number of rotatable bonds is 4. The summed E-state index contributed by atoms with van der Waals surface area (Å²) in [4.78, 5) is 20.3.